The standard InChI is InChI=1S/C19H17.C18H17.2CH3.2ClH.H2Si.Zr/c1-13-10-16-12-15-8-5-9-17(15)19(18(16)11-13)14-6-3-2-4-7-14;1-13(2)16-11-15-9-6-10-17(18(15)12-16)14-7-4-3-5-8-14;;;;;;/h2-4,6-7,12H,5,8-9,11H2,1H3;3-13H,1-2H3;2*1H3;2*1H;1H2;. The molecule has 4 aromatic carbocycles. The molecule has 1 unspecified atom stereocenters. The zero-order valence-corrected chi connectivity index (χ0v) is 31.7. The van der Waals surface area contributed by atoms with E-state index < -0.39 is 17.4 Å². The fourth-order valence-electron chi connectivity index (χ4n) is 8.85. The largest absolute Gasteiger partial charge is 0.147 e. The fourth-order valence-corrected chi connectivity index (χ4v) is 28.3. The Morgan fingerprint density at radius 1 is 0.767 bits per heavy atom. The van der Waals surface area contributed by atoms with Crippen LogP contribution in [0.2, 0.25) is 9.26 Å². The third kappa shape index (κ3) is 5.15. The van der Waals surface area contributed by atoms with Crippen molar-refractivity contribution in [1.29, 1.82) is 0 Å². The second-order valence-electron chi connectivity index (χ2n) is 14.2. The summed E-state index contributed by atoms with van der Waals surface area (Å²) in [6.45, 7) is 9.78. The van der Waals surface area contributed by atoms with Gasteiger partial charge in [-0.25, -0.2) is 0 Å². The van der Waals surface area contributed by atoms with E-state index in [2.05, 4.69) is 128 Å². The summed E-state index contributed by atoms with van der Waals surface area (Å²) in [6.07, 6.45) is 7.45. The SMILES string of the molecule is CC1=[C]([Zr]([CH3])([CH3])(=[SiH2])[CH]2C(C(C)C)=Cc3c(-c4ccccc4)cccc32)c2cc3c(c(-c4ccccc4)c2C1)CCC3.Cl.Cl. The summed E-state index contributed by atoms with van der Waals surface area (Å²) in [6, 6.07) is 32.1. The molecule has 0 saturated heterocycles. The molecule has 3 aliphatic carbocycles. The number of allylic oxidation sites excluding steroid dienone is 2. The zero-order valence-electron chi connectivity index (χ0n) is 26.2. The number of benzene rings is 4. The van der Waals surface area contributed by atoms with E-state index in [4.69, 9.17) is 0 Å². The van der Waals surface area contributed by atoms with Crippen molar-refractivity contribution < 1.29 is 17.4 Å². The van der Waals surface area contributed by atoms with Crippen molar-refractivity contribution in [2.45, 2.75) is 59.3 Å². The van der Waals surface area contributed by atoms with Gasteiger partial charge in [-0.15, -0.1) is 24.8 Å². The molecule has 0 bridgehead atoms. The van der Waals surface area contributed by atoms with E-state index in [0.29, 0.717) is 9.54 Å². The van der Waals surface area contributed by atoms with Crippen LogP contribution in [0.25, 0.3) is 31.6 Å². The van der Waals surface area contributed by atoms with Gasteiger partial charge in [0, 0.05) is 0 Å². The fraction of sp³-hybridized carbons (Fsp3) is 0.282. The summed E-state index contributed by atoms with van der Waals surface area (Å²) in [5.41, 5.74) is 18.5. The summed E-state index contributed by atoms with van der Waals surface area (Å²) in [5, 5.41) is 0. The van der Waals surface area contributed by atoms with Gasteiger partial charge in [0.15, 0.2) is 0 Å². The van der Waals surface area contributed by atoms with E-state index in [1.54, 1.807) is 47.8 Å². The second kappa shape index (κ2) is 11.8. The first-order valence-electron chi connectivity index (χ1n) is 15.5. The molecule has 0 radical (unpaired) electrons. The molecule has 1 atom stereocenters. The third-order valence-corrected chi connectivity index (χ3v) is 26.7. The Kier molecular flexibility index (Phi) is 8.87. The number of hydrogen-bond acceptors (Lipinski definition) is 0. The zero-order chi connectivity index (χ0) is 28.5. The minimum atomic E-state index is -3.68. The van der Waals surface area contributed by atoms with Gasteiger partial charge in [0.25, 0.3) is 0 Å². The van der Waals surface area contributed by atoms with Gasteiger partial charge in [-0.05, 0) is 0 Å². The van der Waals surface area contributed by atoms with E-state index in [-0.39, 0.29) is 24.8 Å². The average molecular weight is 703 g/mol. The maximum Gasteiger partial charge on any atom is -0.147 e. The molecule has 0 N–H and O–H groups in total. The number of rotatable bonds is 5. The van der Waals surface area contributed by atoms with Crippen LogP contribution in [0.1, 0.15) is 64.2 Å². The van der Waals surface area contributed by atoms with Crippen LogP contribution in [-0.2, 0) is 36.7 Å². The quantitative estimate of drug-likeness (QED) is 0.182. The molecule has 4 aromatic rings. The molecule has 222 valence electrons. The smallest absolute Gasteiger partial charge is 0.147 e. The van der Waals surface area contributed by atoms with E-state index in [0.717, 1.165) is 6.42 Å². The Balaban J connectivity index is 0.00000184. The van der Waals surface area contributed by atoms with E-state index in [1.807, 2.05) is 0 Å². The Hall–Kier alpha value is -1.96. The summed E-state index contributed by atoms with van der Waals surface area (Å²) in [4.78, 5) is 0. The van der Waals surface area contributed by atoms with Gasteiger partial charge in [0.2, 0.25) is 0 Å². The number of hydrogen-bond donors (Lipinski definition) is 0. The molecular weight excluding hydrogens is 659 g/mol. The van der Waals surface area contributed by atoms with Crippen LogP contribution >= 0.6 is 24.8 Å². The molecule has 0 heterocycles. The Morgan fingerprint density at radius 2 is 1.42 bits per heavy atom. The van der Waals surface area contributed by atoms with Crippen molar-refractivity contribution in [3.8, 4) is 22.3 Å². The molecule has 0 fully saturated rings. The Bertz CT molecular complexity index is 1840. The number of fused-ring (bicyclic) bond motifs is 3. The Morgan fingerprint density at radius 3 is 2.07 bits per heavy atom. The second-order valence-corrected chi connectivity index (χ2v) is 43.5. The van der Waals surface area contributed by atoms with E-state index in [1.165, 1.54) is 41.5 Å². The van der Waals surface area contributed by atoms with Crippen molar-refractivity contribution in [3.05, 3.63) is 129 Å². The molecule has 0 aliphatic heterocycles. The van der Waals surface area contributed by atoms with E-state index in [9.17, 15) is 0 Å². The van der Waals surface area contributed by atoms with Crippen LogP contribution in [0.3, 0.4) is 0 Å². The van der Waals surface area contributed by atoms with Crippen molar-refractivity contribution in [2.24, 2.45) is 5.92 Å². The van der Waals surface area contributed by atoms with Crippen LogP contribution in [-0.4, -0.2) is 6.88 Å². The first-order valence-corrected chi connectivity index (χ1v) is 29.0. The van der Waals surface area contributed by atoms with Crippen molar-refractivity contribution in [3.63, 3.8) is 0 Å². The molecule has 3 aliphatic rings. The molecule has 0 spiro atoms. The van der Waals surface area contributed by atoms with E-state index >= 15 is 0 Å². The third-order valence-electron chi connectivity index (χ3n) is 10.3. The molecule has 0 saturated carbocycles. The maximum absolute atomic E-state index is 3.68. The van der Waals surface area contributed by atoms with Crippen molar-refractivity contribution in [1.82, 2.24) is 0 Å². The van der Waals surface area contributed by atoms with Gasteiger partial charge in [-0.3, -0.25) is 0 Å². The normalized spacial score (nSPS) is 17.2. The predicted octanol–water partition coefficient (Wildman–Crippen LogP) is 10.8. The van der Waals surface area contributed by atoms with Crippen molar-refractivity contribution in [2.75, 3.05) is 0 Å². The van der Waals surface area contributed by atoms with Crippen molar-refractivity contribution >= 4 is 41.1 Å². The first-order chi connectivity index (χ1) is 19.6. The molecule has 0 nitrogen and oxygen atoms in total. The van der Waals surface area contributed by atoms with Gasteiger partial charge in [0.05, 0.1) is 0 Å². The van der Waals surface area contributed by atoms with Gasteiger partial charge in [0.1, 0.15) is 0 Å². The molecule has 7 rings (SSSR count). The summed E-state index contributed by atoms with van der Waals surface area (Å²) in [7, 11) is 0. The minimum absolute atomic E-state index is 0. The predicted molar refractivity (Wildman–Crippen MR) is 192 cm³/mol. The monoisotopic (exact) mass is 700 g/mol. The van der Waals surface area contributed by atoms with Gasteiger partial charge in [-0.1, -0.05) is 0 Å². The molecule has 0 amide bonds. The number of aryl methyl sites for hydroxylation is 1. The summed E-state index contributed by atoms with van der Waals surface area (Å²) in [5.74, 6) is 0.523. The molecule has 4 heteroatoms. The topological polar surface area (TPSA) is 0 Å². The molecule has 0 aromatic heterocycles. The molecule has 43 heavy (non-hydrogen) atoms. The Labute approximate surface area is 273 Å². The van der Waals surface area contributed by atoms with Crippen LogP contribution < -0.4 is 0 Å². The average Bonchev–Trinajstić information content (AvgIpc) is 3.67. The summed E-state index contributed by atoms with van der Waals surface area (Å²) < 4.78 is 7.86. The van der Waals surface area contributed by atoms with Gasteiger partial charge < -0.3 is 0 Å². The number of halogens is 2. The van der Waals surface area contributed by atoms with Crippen LogP contribution in [0.5, 0.6) is 0 Å². The van der Waals surface area contributed by atoms with Gasteiger partial charge in [-0.2, -0.15) is 0 Å². The van der Waals surface area contributed by atoms with Crippen LogP contribution in [0.4, 0.5) is 0 Å². The van der Waals surface area contributed by atoms with Gasteiger partial charge >= 0.3 is 251 Å². The first kappa shape index (κ1) is 32.4. The minimum Gasteiger partial charge on any atom is -0.147 e. The summed E-state index contributed by atoms with van der Waals surface area (Å²) >= 11 is -3.68. The maximum atomic E-state index is 2.77. The molecular formula is C39H44Cl2SiZr. The van der Waals surface area contributed by atoms with Crippen LogP contribution in [0, 0.1) is 5.92 Å². The van der Waals surface area contributed by atoms with Crippen LogP contribution in [0.15, 0.2) is 96.1 Å².